The zero-order valence-electron chi connectivity index (χ0n) is 22.8. The molecule has 1 aliphatic heterocycles. The summed E-state index contributed by atoms with van der Waals surface area (Å²) in [6.07, 6.45) is -10.7. The van der Waals surface area contributed by atoms with Crippen molar-refractivity contribution in [2.45, 2.75) is 18.8 Å². The highest BCUT2D eigenvalue weighted by molar-refractivity contribution is 5.73. The van der Waals surface area contributed by atoms with Gasteiger partial charge in [-0.05, 0) is 24.3 Å². The monoisotopic (exact) mass is 655 g/mol. The standard InChI is InChI=1S/C21H23F2N7O.2C2HF3O2/c22-20(23)15(13-24)11-19-27-28-21(31)30(19)17-5-6-26-18(12-17)14-1-3-16(4-2-14)29-9-7-25-8-10-29;2*3-2(4,5)1(6)7/h1-6,12,25H,7-11,13,24H2,(H,28,31);2*(H,6,7). The first kappa shape index (κ1) is 36.3. The Morgan fingerprint density at radius 1 is 0.911 bits per heavy atom. The lowest BCUT2D eigenvalue weighted by Gasteiger charge is -2.29. The van der Waals surface area contributed by atoms with Gasteiger partial charge in [0.05, 0.1) is 11.4 Å². The Balaban J connectivity index is 0.000000421. The van der Waals surface area contributed by atoms with E-state index in [1.165, 1.54) is 4.57 Å². The van der Waals surface area contributed by atoms with Gasteiger partial charge in [0.1, 0.15) is 5.82 Å². The van der Waals surface area contributed by atoms with E-state index >= 15 is 0 Å². The van der Waals surface area contributed by atoms with E-state index < -0.39 is 36.1 Å². The van der Waals surface area contributed by atoms with Gasteiger partial charge in [-0.15, -0.1) is 0 Å². The molecule has 45 heavy (non-hydrogen) atoms. The number of carboxylic acids is 2. The zero-order valence-corrected chi connectivity index (χ0v) is 22.8. The summed E-state index contributed by atoms with van der Waals surface area (Å²) in [6.45, 7) is 3.52. The van der Waals surface area contributed by atoms with Gasteiger partial charge >= 0.3 is 30.0 Å². The number of H-pyrrole nitrogens is 1. The molecule has 0 atom stereocenters. The zero-order chi connectivity index (χ0) is 33.9. The number of benzene rings is 1. The fourth-order valence-electron chi connectivity index (χ4n) is 3.60. The van der Waals surface area contributed by atoms with Crippen molar-refractivity contribution in [2.75, 3.05) is 37.6 Å². The maximum Gasteiger partial charge on any atom is 0.490 e. The molecule has 246 valence electrons. The van der Waals surface area contributed by atoms with Crippen LogP contribution in [0.2, 0.25) is 0 Å². The van der Waals surface area contributed by atoms with E-state index in [1.54, 1.807) is 18.3 Å². The van der Waals surface area contributed by atoms with Crippen molar-refractivity contribution in [1.82, 2.24) is 25.1 Å². The third kappa shape index (κ3) is 11.0. The van der Waals surface area contributed by atoms with Crippen molar-refractivity contribution in [1.29, 1.82) is 0 Å². The third-order valence-electron chi connectivity index (χ3n) is 5.76. The molecule has 1 fully saturated rings. The van der Waals surface area contributed by atoms with Crippen LogP contribution in [0.4, 0.5) is 40.8 Å². The number of hydrogen-bond donors (Lipinski definition) is 5. The SMILES string of the molecule is NCC(Cc1n[nH]c(=O)n1-c1ccnc(-c2ccc(N3CCNCC3)cc2)c1)=C(F)F.O=C(O)C(F)(F)F.O=C(O)C(F)(F)F. The van der Waals surface area contributed by atoms with Gasteiger partial charge in [0.15, 0.2) is 0 Å². The van der Waals surface area contributed by atoms with Gasteiger partial charge in [-0.2, -0.15) is 40.2 Å². The van der Waals surface area contributed by atoms with Crippen molar-refractivity contribution in [3.05, 3.63) is 70.6 Å². The van der Waals surface area contributed by atoms with Crippen molar-refractivity contribution < 1.29 is 54.9 Å². The molecule has 0 spiro atoms. The van der Waals surface area contributed by atoms with Crippen LogP contribution < -0.4 is 21.6 Å². The fraction of sp³-hybridized carbons (Fsp3) is 0.320. The van der Waals surface area contributed by atoms with Gasteiger partial charge in [-0.3, -0.25) is 4.98 Å². The number of aromatic nitrogens is 4. The molecule has 3 aromatic rings. The first-order chi connectivity index (χ1) is 20.9. The Kier molecular flexibility index (Phi) is 12.7. The molecule has 0 radical (unpaired) electrons. The number of aromatic amines is 1. The highest BCUT2D eigenvalue weighted by atomic mass is 19.4. The summed E-state index contributed by atoms with van der Waals surface area (Å²) in [6, 6.07) is 11.4. The van der Waals surface area contributed by atoms with Gasteiger partial charge in [0.2, 0.25) is 0 Å². The minimum absolute atomic E-state index is 0.157. The van der Waals surface area contributed by atoms with Crippen LogP contribution in [0.15, 0.2) is 59.0 Å². The molecule has 2 aromatic heterocycles. The van der Waals surface area contributed by atoms with E-state index in [0.717, 1.165) is 37.4 Å². The molecule has 0 aliphatic carbocycles. The number of alkyl halides is 6. The van der Waals surface area contributed by atoms with Crippen molar-refractivity contribution >= 4 is 17.6 Å². The number of nitrogens with zero attached hydrogens (tertiary/aromatic N) is 4. The van der Waals surface area contributed by atoms with Crippen LogP contribution in [0.5, 0.6) is 0 Å². The van der Waals surface area contributed by atoms with E-state index in [4.69, 9.17) is 25.5 Å². The van der Waals surface area contributed by atoms with Gasteiger partial charge in [0.25, 0.3) is 6.08 Å². The Labute approximate surface area is 247 Å². The lowest BCUT2D eigenvalue weighted by molar-refractivity contribution is -0.193. The highest BCUT2D eigenvalue weighted by Crippen LogP contribution is 2.24. The van der Waals surface area contributed by atoms with Crippen molar-refractivity contribution in [3.8, 4) is 16.9 Å². The van der Waals surface area contributed by atoms with Crippen molar-refractivity contribution in [2.24, 2.45) is 5.73 Å². The average Bonchev–Trinajstić information content (AvgIpc) is 3.35. The molecule has 12 nitrogen and oxygen atoms in total. The number of hydrogen-bond acceptors (Lipinski definition) is 8. The lowest BCUT2D eigenvalue weighted by Crippen LogP contribution is -2.43. The molecule has 1 aromatic carbocycles. The quantitative estimate of drug-likeness (QED) is 0.248. The third-order valence-corrected chi connectivity index (χ3v) is 5.76. The molecule has 0 saturated carbocycles. The number of piperazine rings is 1. The number of carboxylic acid groups (broad SMARTS) is 2. The first-order valence-electron chi connectivity index (χ1n) is 12.5. The van der Waals surface area contributed by atoms with Crippen LogP contribution in [0, 0.1) is 0 Å². The number of nitrogens with one attached hydrogen (secondary N) is 2. The number of rotatable bonds is 6. The Hall–Kier alpha value is -4.85. The van der Waals surface area contributed by atoms with Gasteiger partial charge in [-0.25, -0.2) is 24.0 Å². The number of nitrogens with two attached hydrogens (primary N) is 1. The number of aliphatic carboxylic acids is 2. The second kappa shape index (κ2) is 15.7. The van der Waals surface area contributed by atoms with E-state index in [0.29, 0.717) is 11.4 Å². The summed E-state index contributed by atoms with van der Waals surface area (Å²) in [5, 5.41) is 23.8. The number of halogens is 8. The molecule has 20 heteroatoms. The molecule has 6 N–H and O–H groups in total. The summed E-state index contributed by atoms with van der Waals surface area (Å²) >= 11 is 0. The molecule has 4 rings (SSSR count). The molecular formula is C25H25F8N7O5. The predicted octanol–water partition coefficient (Wildman–Crippen LogP) is 2.95. The van der Waals surface area contributed by atoms with Crippen molar-refractivity contribution in [3.63, 3.8) is 0 Å². The number of anilines is 1. The lowest BCUT2D eigenvalue weighted by atomic mass is 10.1. The average molecular weight is 656 g/mol. The number of pyridine rings is 1. The Morgan fingerprint density at radius 3 is 1.91 bits per heavy atom. The second-order valence-corrected chi connectivity index (χ2v) is 8.81. The maximum absolute atomic E-state index is 13.0. The van der Waals surface area contributed by atoms with Crippen LogP contribution in [-0.2, 0) is 16.0 Å². The fourth-order valence-corrected chi connectivity index (χ4v) is 3.60. The second-order valence-electron chi connectivity index (χ2n) is 8.81. The molecule has 1 saturated heterocycles. The summed E-state index contributed by atoms with van der Waals surface area (Å²) in [5.41, 5.74) is 7.80. The molecule has 0 unspecified atom stereocenters. The molecule has 1 aliphatic rings. The summed E-state index contributed by atoms with van der Waals surface area (Å²) in [5.74, 6) is -5.36. The van der Waals surface area contributed by atoms with Crippen LogP contribution in [0.25, 0.3) is 16.9 Å². The van der Waals surface area contributed by atoms with Crippen LogP contribution in [0.1, 0.15) is 5.82 Å². The summed E-state index contributed by atoms with van der Waals surface area (Å²) in [4.78, 5) is 36.8. The highest BCUT2D eigenvalue weighted by Gasteiger charge is 2.38. The van der Waals surface area contributed by atoms with Gasteiger partial charge in [-0.1, -0.05) is 12.1 Å². The molecule has 0 bridgehead atoms. The van der Waals surface area contributed by atoms with Gasteiger partial charge in [0, 0.05) is 62.2 Å². The summed E-state index contributed by atoms with van der Waals surface area (Å²) < 4.78 is 90.8. The van der Waals surface area contributed by atoms with E-state index in [2.05, 4.69) is 25.4 Å². The Morgan fingerprint density at radius 2 is 1.44 bits per heavy atom. The summed E-state index contributed by atoms with van der Waals surface area (Å²) in [7, 11) is 0. The largest absolute Gasteiger partial charge is 0.490 e. The van der Waals surface area contributed by atoms with Crippen LogP contribution >= 0.6 is 0 Å². The van der Waals surface area contributed by atoms with E-state index in [1.807, 2.05) is 24.3 Å². The van der Waals surface area contributed by atoms with Gasteiger partial charge < -0.3 is 26.2 Å². The molecular weight excluding hydrogens is 630 g/mol. The normalized spacial score (nSPS) is 13.1. The van der Waals surface area contributed by atoms with Crippen LogP contribution in [-0.4, -0.2) is 87.0 Å². The van der Waals surface area contributed by atoms with E-state index in [9.17, 15) is 39.9 Å². The first-order valence-corrected chi connectivity index (χ1v) is 12.5. The Bertz CT molecular complexity index is 1500. The smallest absolute Gasteiger partial charge is 0.475 e. The minimum atomic E-state index is -5.08. The van der Waals surface area contributed by atoms with E-state index in [-0.39, 0.29) is 24.4 Å². The minimum Gasteiger partial charge on any atom is -0.475 e. The van der Waals surface area contributed by atoms with Crippen LogP contribution in [0.3, 0.4) is 0 Å². The molecule has 0 amide bonds. The topological polar surface area (TPSA) is 179 Å². The maximum atomic E-state index is 13.0. The predicted molar refractivity (Wildman–Crippen MR) is 142 cm³/mol. The molecule has 3 heterocycles. The number of carbonyl (C=O) groups is 2.